The fourth-order valence-corrected chi connectivity index (χ4v) is 1.76. The second-order valence-corrected chi connectivity index (χ2v) is 4.14. The number of aliphatic hydroxyl groups excluding tert-OH is 4. The van der Waals surface area contributed by atoms with Crippen LogP contribution in [0.25, 0.3) is 0 Å². The minimum atomic E-state index is -1.43. The van der Waals surface area contributed by atoms with Crippen LogP contribution in [0.15, 0.2) is 23.0 Å². The van der Waals surface area contributed by atoms with Crippen LogP contribution >= 0.6 is 0 Å². The van der Waals surface area contributed by atoms with E-state index in [2.05, 4.69) is 0 Å². The predicted octanol–water partition coefficient (Wildman–Crippen LogP) is -1.40. The largest absolute Gasteiger partial charge is 0.472 e. The molecule has 4 N–H and O–H groups in total. The first kappa shape index (κ1) is 13.5. The molecule has 1 aliphatic heterocycles. The molecular formula is C11H16O7. The van der Waals surface area contributed by atoms with Crippen LogP contribution in [0.3, 0.4) is 0 Å². The number of hydrogen-bond acceptors (Lipinski definition) is 7. The third-order valence-electron chi connectivity index (χ3n) is 2.84. The first-order valence-electron chi connectivity index (χ1n) is 5.56. The Morgan fingerprint density at radius 2 is 1.94 bits per heavy atom. The summed E-state index contributed by atoms with van der Waals surface area (Å²) in [5.74, 6) is 0. The summed E-state index contributed by atoms with van der Waals surface area (Å²) in [5.41, 5.74) is 0.743. The highest BCUT2D eigenvalue weighted by molar-refractivity contribution is 5.03. The highest BCUT2D eigenvalue weighted by Gasteiger charge is 2.43. The molecule has 0 bridgehead atoms. The molecule has 1 aliphatic rings. The van der Waals surface area contributed by atoms with Crippen molar-refractivity contribution < 1.29 is 34.3 Å². The third-order valence-corrected chi connectivity index (χ3v) is 2.84. The van der Waals surface area contributed by atoms with Crippen molar-refractivity contribution >= 4 is 0 Å². The average molecular weight is 260 g/mol. The van der Waals surface area contributed by atoms with Crippen LogP contribution in [0.4, 0.5) is 0 Å². The maximum Gasteiger partial charge on any atom is 0.187 e. The van der Waals surface area contributed by atoms with Gasteiger partial charge in [-0.3, -0.25) is 0 Å². The second kappa shape index (κ2) is 5.79. The fraction of sp³-hybridized carbons (Fsp3) is 0.636. The number of aliphatic hydroxyl groups is 4. The summed E-state index contributed by atoms with van der Waals surface area (Å²) in [6, 6.07) is 1.68. The molecule has 0 aliphatic carbocycles. The monoisotopic (exact) mass is 260 g/mol. The summed E-state index contributed by atoms with van der Waals surface area (Å²) in [5, 5.41) is 37.8. The van der Waals surface area contributed by atoms with Gasteiger partial charge in [-0.1, -0.05) is 0 Å². The van der Waals surface area contributed by atoms with E-state index < -0.39 is 37.3 Å². The zero-order valence-corrected chi connectivity index (χ0v) is 9.55. The van der Waals surface area contributed by atoms with E-state index in [0.29, 0.717) is 0 Å². The molecule has 0 amide bonds. The molecule has 2 heterocycles. The smallest absolute Gasteiger partial charge is 0.187 e. The van der Waals surface area contributed by atoms with Gasteiger partial charge in [-0.2, -0.15) is 0 Å². The molecule has 102 valence electrons. The first-order chi connectivity index (χ1) is 8.63. The van der Waals surface area contributed by atoms with Crippen molar-refractivity contribution in [1.82, 2.24) is 0 Å². The Labute approximate surface area is 103 Å². The zero-order valence-electron chi connectivity index (χ0n) is 9.55. The van der Waals surface area contributed by atoms with Crippen LogP contribution in [-0.4, -0.2) is 57.7 Å². The van der Waals surface area contributed by atoms with Gasteiger partial charge >= 0.3 is 0 Å². The Hall–Kier alpha value is -0.960. The lowest BCUT2D eigenvalue weighted by Crippen LogP contribution is -2.59. The molecule has 7 heteroatoms. The van der Waals surface area contributed by atoms with E-state index in [1.807, 2.05) is 0 Å². The third kappa shape index (κ3) is 2.72. The summed E-state index contributed by atoms with van der Waals surface area (Å²) < 4.78 is 15.3. The molecule has 1 aromatic rings. The average Bonchev–Trinajstić information content (AvgIpc) is 2.88. The SMILES string of the molecule is OC[C@H]1O[C@@H](OCc2ccoc2)[C@H](O)[C@@H](O)[C@@H]1O. The van der Waals surface area contributed by atoms with Crippen molar-refractivity contribution in [2.24, 2.45) is 0 Å². The van der Waals surface area contributed by atoms with Crippen molar-refractivity contribution in [3.8, 4) is 0 Å². The van der Waals surface area contributed by atoms with Crippen molar-refractivity contribution in [2.75, 3.05) is 6.61 Å². The van der Waals surface area contributed by atoms with Gasteiger partial charge in [-0.25, -0.2) is 0 Å². The van der Waals surface area contributed by atoms with Crippen LogP contribution in [0.2, 0.25) is 0 Å². The van der Waals surface area contributed by atoms with E-state index in [0.717, 1.165) is 5.56 Å². The molecule has 18 heavy (non-hydrogen) atoms. The quantitative estimate of drug-likeness (QED) is 0.526. The molecule has 1 fully saturated rings. The molecule has 1 aromatic heterocycles. The normalized spacial score (nSPS) is 36.8. The molecule has 0 unspecified atom stereocenters. The number of hydrogen-bond donors (Lipinski definition) is 4. The van der Waals surface area contributed by atoms with E-state index >= 15 is 0 Å². The first-order valence-corrected chi connectivity index (χ1v) is 5.56. The van der Waals surface area contributed by atoms with Gasteiger partial charge in [0.25, 0.3) is 0 Å². The molecule has 5 atom stereocenters. The number of ether oxygens (including phenoxy) is 2. The molecule has 1 saturated heterocycles. The fourth-order valence-electron chi connectivity index (χ4n) is 1.76. The molecule has 0 radical (unpaired) electrons. The van der Waals surface area contributed by atoms with Crippen molar-refractivity contribution in [3.63, 3.8) is 0 Å². The van der Waals surface area contributed by atoms with E-state index in [4.69, 9.17) is 19.0 Å². The summed E-state index contributed by atoms with van der Waals surface area (Å²) in [7, 11) is 0. The van der Waals surface area contributed by atoms with Gasteiger partial charge in [0.1, 0.15) is 24.4 Å². The molecule has 0 aromatic carbocycles. The molecule has 7 nitrogen and oxygen atoms in total. The number of rotatable bonds is 4. The van der Waals surface area contributed by atoms with Gasteiger partial charge in [0.05, 0.1) is 25.7 Å². The minimum Gasteiger partial charge on any atom is -0.472 e. The Bertz CT molecular complexity index is 350. The van der Waals surface area contributed by atoms with Crippen LogP contribution in [0.1, 0.15) is 5.56 Å². The van der Waals surface area contributed by atoms with Gasteiger partial charge in [0.15, 0.2) is 6.29 Å². The Kier molecular flexibility index (Phi) is 4.33. The zero-order chi connectivity index (χ0) is 13.1. The van der Waals surface area contributed by atoms with Gasteiger partial charge < -0.3 is 34.3 Å². The van der Waals surface area contributed by atoms with Crippen molar-refractivity contribution in [3.05, 3.63) is 24.2 Å². The summed E-state index contributed by atoms with van der Waals surface area (Å²) >= 11 is 0. The maximum absolute atomic E-state index is 9.68. The Morgan fingerprint density at radius 3 is 2.56 bits per heavy atom. The van der Waals surface area contributed by atoms with Crippen LogP contribution in [0, 0.1) is 0 Å². The standard InChI is InChI=1S/C11H16O7/c12-3-7-8(13)9(14)10(15)11(18-7)17-5-6-1-2-16-4-6/h1-2,4,7-15H,3,5H2/t7-,8-,9+,10-,11-/m1/s1. The highest BCUT2D eigenvalue weighted by atomic mass is 16.7. The van der Waals surface area contributed by atoms with Gasteiger partial charge in [0, 0.05) is 5.56 Å². The van der Waals surface area contributed by atoms with Gasteiger partial charge in [-0.05, 0) is 6.07 Å². The molecule has 0 spiro atoms. The lowest BCUT2D eigenvalue weighted by molar-refractivity contribution is -0.304. The van der Waals surface area contributed by atoms with Crippen LogP contribution in [0.5, 0.6) is 0 Å². The van der Waals surface area contributed by atoms with Crippen molar-refractivity contribution in [2.45, 2.75) is 37.3 Å². The predicted molar refractivity (Wildman–Crippen MR) is 57.3 cm³/mol. The van der Waals surface area contributed by atoms with E-state index in [1.165, 1.54) is 12.5 Å². The molecular weight excluding hydrogens is 244 g/mol. The second-order valence-electron chi connectivity index (χ2n) is 4.14. The molecule has 0 saturated carbocycles. The Balaban J connectivity index is 1.94. The van der Waals surface area contributed by atoms with Crippen LogP contribution < -0.4 is 0 Å². The molecule has 2 rings (SSSR count). The number of furan rings is 1. The maximum atomic E-state index is 9.68. The van der Waals surface area contributed by atoms with E-state index in [9.17, 15) is 15.3 Å². The van der Waals surface area contributed by atoms with E-state index in [1.54, 1.807) is 6.07 Å². The lowest BCUT2D eigenvalue weighted by Gasteiger charge is -2.39. The van der Waals surface area contributed by atoms with Gasteiger partial charge in [0.2, 0.25) is 0 Å². The van der Waals surface area contributed by atoms with Crippen molar-refractivity contribution in [1.29, 1.82) is 0 Å². The summed E-state index contributed by atoms with van der Waals surface area (Å²) in [6.07, 6.45) is -3.30. The lowest BCUT2D eigenvalue weighted by atomic mass is 9.99. The highest BCUT2D eigenvalue weighted by Crippen LogP contribution is 2.22. The van der Waals surface area contributed by atoms with Gasteiger partial charge in [-0.15, -0.1) is 0 Å². The summed E-state index contributed by atoms with van der Waals surface area (Å²) in [4.78, 5) is 0. The topological polar surface area (TPSA) is 113 Å². The summed E-state index contributed by atoms with van der Waals surface area (Å²) in [6.45, 7) is -0.351. The minimum absolute atomic E-state index is 0.124. The van der Waals surface area contributed by atoms with Crippen LogP contribution in [-0.2, 0) is 16.1 Å². The Morgan fingerprint density at radius 1 is 1.17 bits per heavy atom. The van der Waals surface area contributed by atoms with E-state index in [-0.39, 0.29) is 6.61 Å².